The molecule has 0 amide bonds. The van der Waals surface area contributed by atoms with Gasteiger partial charge >= 0.3 is 11.9 Å². The molecule has 20 heavy (non-hydrogen) atoms. The fraction of sp³-hybridized carbons (Fsp3) is 0.846. The molecule has 2 aliphatic rings. The Hall–Kier alpha value is -1.18. The second-order valence-electron chi connectivity index (χ2n) is 5.55. The summed E-state index contributed by atoms with van der Waals surface area (Å²) in [7, 11) is 0. The van der Waals surface area contributed by atoms with Crippen molar-refractivity contribution >= 4 is 11.9 Å². The Kier molecular flexibility index (Phi) is 4.62. The van der Waals surface area contributed by atoms with E-state index < -0.39 is 36.4 Å². The van der Waals surface area contributed by atoms with E-state index in [1.54, 1.807) is 0 Å². The number of ether oxygens (including phenoxy) is 2. The lowest BCUT2D eigenvalue weighted by atomic mass is 9.93. The van der Waals surface area contributed by atoms with Crippen LogP contribution in [0.4, 0.5) is 0 Å². The quantitative estimate of drug-likeness (QED) is 0.591. The van der Waals surface area contributed by atoms with Crippen molar-refractivity contribution in [3.63, 3.8) is 0 Å². The van der Waals surface area contributed by atoms with Crippen LogP contribution in [0.1, 0.15) is 44.9 Å². The van der Waals surface area contributed by atoms with Crippen molar-refractivity contribution < 1.29 is 34.4 Å². The van der Waals surface area contributed by atoms with Gasteiger partial charge in [-0.25, -0.2) is 4.79 Å². The molecule has 1 saturated heterocycles. The van der Waals surface area contributed by atoms with Crippen molar-refractivity contribution in [2.75, 3.05) is 0 Å². The molecule has 3 N–H and O–H groups in total. The Morgan fingerprint density at radius 3 is 2.40 bits per heavy atom. The SMILES string of the molecule is O=C(O)CC(O)(CC1OC1OC1CCCCC1)C(=O)O. The van der Waals surface area contributed by atoms with E-state index in [1.807, 2.05) is 0 Å². The first kappa shape index (κ1) is 15.2. The smallest absolute Gasteiger partial charge is 0.336 e. The van der Waals surface area contributed by atoms with Crippen LogP contribution in [0.25, 0.3) is 0 Å². The van der Waals surface area contributed by atoms with Crippen LogP contribution in [0.15, 0.2) is 0 Å². The van der Waals surface area contributed by atoms with E-state index in [9.17, 15) is 14.7 Å². The molecule has 1 aliphatic heterocycles. The molecule has 0 radical (unpaired) electrons. The van der Waals surface area contributed by atoms with Crippen molar-refractivity contribution in [1.82, 2.24) is 0 Å². The Morgan fingerprint density at radius 2 is 1.85 bits per heavy atom. The number of hydrogen-bond acceptors (Lipinski definition) is 5. The molecule has 3 unspecified atom stereocenters. The molecule has 3 atom stereocenters. The maximum absolute atomic E-state index is 11.0. The van der Waals surface area contributed by atoms with E-state index in [1.165, 1.54) is 6.42 Å². The predicted molar refractivity (Wildman–Crippen MR) is 66.1 cm³/mol. The Morgan fingerprint density at radius 1 is 1.20 bits per heavy atom. The Balaban J connectivity index is 1.81. The van der Waals surface area contributed by atoms with E-state index in [-0.39, 0.29) is 12.5 Å². The molecule has 0 aromatic rings. The summed E-state index contributed by atoms with van der Waals surface area (Å²) in [5.41, 5.74) is -2.30. The molecule has 0 spiro atoms. The number of aliphatic carboxylic acids is 2. The fourth-order valence-corrected chi connectivity index (χ4v) is 2.60. The summed E-state index contributed by atoms with van der Waals surface area (Å²) >= 11 is 0. The molecule has 0 aromatic heterocycles. The number of hydrogen-bond donors (Lipinski definition) is 3. The average molecular weight is 288 g/mol. The minimum absolute atomic E-state index is 0.121. The van der Waals surface area contributed by atoms with E-state index in [4.69, 9.17) is 19.7 Å². The van der Waals surface area contributed by atoms with Gasteiger partial charge in [0, 0.05) is 6.42 Å². The molecule has 2 rings (SSSR count). The van der Waals surface area contributed by atoms with Gasteiger partial charge in [0.1, 0.15) is 6.10 Å². The number of aliphatic hydroxyl groups is 1. The van der Waals surface area contributed by atoms with Gasteiger partial charge in [-0.2, -0.15) is 0 Å². The predicted octanol–water partition coefficient (Wildman–Crippen LogP) is 0.741. The fourth-order valence-electron chi connectivity index (χ4n) is 2.60. The highest BCUT2D eigenvalue weighted by Crippen LogP contribution is 2.35. The molecule has 0 bridgehead atoms. The van der Waals surface area contributed by atoms with Gasteiger partial charge in [-0.1, -0.05) is 19.3 Å². The molecular weight excluding hydrogens is 268 g/mol. The Bertz CT molecular complexity index is 377. The van der Waals surface area contributed by atoms with Gasteiger partial charge in [-0.3, -0.25) is 4.79 Å². The summed E-state index contributed by atoms with van der Waals surface area (Å²) in [4.78, 5) is 21.6. The van der Waals surface area contributed by atoms with E-state index in [2.05, 4.69) is 0 Å². The normalized spacial score (nSPS) is 29.6. The third-order valence-electron chi connectivity index (χ3n) is 3.80. The summed E-state index contributed by atoms with van der Waals surface area (Å²) in [6.07, 6.45) is 3.29. The van der Waals surface area contributed by atoms with Gasteiger partial charge < -0.3 is 24.8 Å². The zero-order valence-corrected chi connectivity index (χ0v) is 11.2. The third kappa shape index (κ3) is 3.91. The average Bonchev–Trinajstić information content (AvgIpc) is 3.06. The first-order chi connectivity index (χ1) is 9.40. The first-order valence-corrected chi connectivity index (χ1v) is 6.89. The topological polar surface area (TPSA) is 117 Å². The van der Waals surface area contributed by atoms with Crippen LogP contribution in [-0.2, 0) is 19.1 Å². The maximum atomic E-state index is 11.0. The van der Waals surface area contributed by atoms with Crippen LogP contribution < -0.4 is 0 Å². The Labute approximate surface area is 116 Å². The van der Waals surface area contributed by atoms with E-state index in [0.29, 0.717) is 0 Å². The highest BCUT2D eigenvalue weighted by atomic mass is 16.8. The monoisotopic (exact) mass is 288 g/mol. The van der Waals surface area contributed by atoms with Crippen LogP contribution >= 0.6 is 0 Å². The van der Waals surface area contributed by atoms with Crippen LogP contribution in [0, 0.1) is 0 Å². The summed E-state index contributed by atoms with van der Waals surface area (Å²) in [5, 5.41) is 27.5. The van der Waals surface area contributed by atoms with E-state index >= 15 is 0 Å². The summed E-state index contributed by atoms with van der Waals surface area (Å²) < 4.78 is 10.9. The zero-order valence-electron chi connectivity index (χ0n) is 11.2. The molecule has 114 valence electrons. The van der Waals surface area contributed by atoms with Crippen molar-refractivity contribution in [2.45, 2.75) is 69.0 Å². The minimum atomic E-state index is -2.30. The lowest BCUT2D eigenvalue weighted by molar-refractivity contribution is -0.166. The minimum Gasteiger partial charge on any atom is -0.481 e. The molecule has 7 heteroatoms. The van der Waals surface area contributed by atoms with E-state index in [0.717, 1.165) is 25.7 Å². The van der Waals surface area contributed by atoms with Crippen LogP contribution in [0.3, 0.4) is 0 Å². The highest BCUT2D eigenvalue weighted by molar-refractivity contribution is 5.83. The van der Waals surface area contributed by atoms with Crippen molar-refractivity contribution in [3.8, 4) is 0 Å². The summed E-state index contributed by atoms with van der Waals surface area (Å²) in [6.45, 7) is 0. The summed E-state index contributed by atoms with van der Waals surface area (Å²) in [5.74, 6) is -2.91. The lowest BCUT2D eigenvalue weighted by Crippen LogP contribution is -2.42. The largest absolute Gasteiger partial charge is 0.481 e. The van der Waals surface area contributed by atoms with Gasteiger partial charge in [0.05, 0.1) is 12.5 Å². The third-order valence-corrected chi connectivity index (χ3v) is 3.80. The molecule has 1 aliphatic carbocycles. The van der Waals surface area contributed by atoms with Gasteiger partial charge in [-0.15, -0.1) is 0 Å². The molecule has 0 aromatic carbocycles. The number of carboxylic acids is 2. The zero-order chi connectivity index (χ0) is 14.8. The van der Waals surface area contributed by atoms with Gasteiger partial charge in [0.15, 0.2) is 11.9 Å². The number of carbonyl (C=O) groups is 2. The number of epoxide rings is 1. The summed E-state index contributed by atoms with van der Waals surface area (Å²) in [6, 6.07) is 0. The molecule has 2 fully saturated rings. The second-order valence-corrected chi connectivity index (χ2v) is 5.55. The lowest BCUT2D eigenvalue weighted by Gasteiger charge is -2.22. The molecule has 7 nitrogen and oxygen atoms in total. The van der Waals surface area contributed by atoms with Crippen molar-refractivity contribution in [3.05, 3.63) is 0 Å². The standard InChI is InChI=1S/C13H20O7/c14-10(15)7-13(18,12(16)17)6-9-11(20-9)19-8-4-2-1-3-5-8/h8-9,11,18H,1-7H2,(H,14,15)(H,16,17). The molecule has 1 heterocycles. The van der Waals surface area contributed by atoms with Gasteiger partial charge in [0.25, 0.3) is 0 Å². The highest BCUT2D eigenvalue weighted by Gasteiger charge is 2.51. The maximum Gasteiger partial charge on any atom is 0.336 e. The second kappa shape index (κ2) is 6.07. The first-order valence-electron chi connectivity index (χ1n) is 6.89. The number of carboxylic acid groups (broad SMARTS) is 2. The van der Waals surface area contributed by atoms with Crippen LogP contribution in [-0.4, -0.2) is 51.4 Å². The molecular formula is C13H20O7. The van der Waals surface area contributed by atoms with Crippen molar-refractivity contribution in [2.24, 2.45) is 0 Å². The van der Waals surface area contributed by atoms with Gasteiger partial charge in [-0.05, 0) is 12.8 Å². The van der Waals surface area contributed by atoms with Crippen LogP contribution in [0.2, 0.25) is 0 Å². The van der Waals surface area contributed by atoms with Crippen LogP contribution in [0.5, 0.6) is 0 Å². The molecule has 1 saturated carbocycles. The number of rotatable bonds is 7. The van der Waals surface area contributed by atoms with Crippen molar-refractivity contribution in [1.29, 1.82) is 0 Å². The van der Waals surface area contributed by atoms with Gasteiger partial charge in [0.2, 0.25) is 0 Å².